The Bertz CT molecular complexity index is 590. The first-order valence-corrected chi connectivity index (χ1v) is 7.05. The molecule has 0 aliphatic rings. The van der Waals surface area contributed by atoms with E-state index < -0.39 is 17.5 Å². The maximum atomic E-state index is 12.1. The molecule has 1 aromatic heterocycles. The van der Waals surface area contributed by atoms with Gasteiger partial charge in [0.15, 0.2) is 0 Å². The van der Waals surface area contributed by atoms with Crippen LogP contribution in [-0.4, -0.2) is 32.8 Å². The summed E-state index contributed by atoms with van der Waals surface area (Å²) in [6, 6.07) is 0. The van der Waals surface area contributed by atoms with Gasteiger partial charge in [-0.3, -0.25) is 9.36 Å². The maximum Gasteiger partial charge on any atom is 0.348 e. The Morgan fingerprint density at radius 1 is 1.43 bits per heavy atom. The average Bonchev–Trinajstić information content (AvgIpc) is 2.34. The summed E-state index contributed by atoms with van der Waals surface area (Å²) in [6.07, 6.45) is 0. The molecule has 0 aromatic carbocycles. The molecule has 1 N–H and O–H groups in total. The van der Waals surface area contributed by atoms with Crippen molar-refractivity contribution in [1.82, 2.24) is 9.55 Å². The van der Waals surface area contributed by atoms with Gasteiger partial charge in [0.25, 0.3) is 0 Å². The van der Waals surface area contributed by atoms with E-state index >= 15 is 0 Å². The molecule has 0 amide bonds. The number of ether oxygens (including phenoxy) is 1. The predicted molar refractivity (Wildman–Crippen MR) is 79.7 cm³/mol. The molecule has 0 aliphatic heterocycles. The quantitative estimate of drug-likeness (QED) is 0.866. The van der Waals surface area contributed by atoms with Crippen LogP contribution in [0.3, 0.4) is 0 Å². The number of carboxylic acid groups (broad SMARTS) is 1. The molecule has 1 atom stereocenters. The summed E-state index contributed by atoms with van der Waals surface area (Å²) in [5.74, 6) is -1.64. The molecule has 118 valence electrons. The summed E-state index contributed by atoms with van der Waals surface area (Å²) >= 11 is 0. The van der Waals surface area contributed by atoms with Gasteiger partial charge in [0.1, 0.15) is 0 Å². The van der Waals surface area contributed by atoms with Gasteiger partial charge in [-0.05, 0) is 41.5 Å². The highest BCUT2D eigenvalue weighted by Gasteiger charge is 2.25. The fourth-order valence-corrected chi connectivity index (χ4v) is 2.57. The van der Waals surface area contributed by atoms with Crippen LogP contribution in [0.5, 0.6) is 0 Å². The normalized spacial score (nSPS) is 13.2. The number of hydrogen-bond donors (Lipinski definition) is 1. The lowest BCUT2D eigenvalue weighted by Crippen LogP contribution is -2.38. The third-order valence-corrected chi connectivity index (χ3v) is 3.56. The fourth-order valence-electron chi connectivity index (χ4n) is 2.57. The molecule has 0 bridgehead atoms. The van der Waals surface area contributed by atoms with Crippen molar-refractivity contribution in [2.24, 2.45) is 0 Å². The summed E-state index contributed by atoms with van der Waals surface area (Å²) in [4.78, 5) is 27.4. The van der Waals surface area contributed by atoms with Crippen LogP contribution in [0.1, 0.15) is 50.6 Å². The van der Waals surface area contributed by atoms with Crippen molar-refractivity contribution in [1.29, 1.82) is 0 Å². The maximum absolute atomic E-state index is 12.1. The zero-order chi connectivity index (χ0) is 16.4. The Kier molecular flexibility index (Phi) is 5.28. The summed E-state index contributed by atoms with van der Waals surface area (Å²) in [6.45, 7) is 11.6. The van der Waals surface area contributed by atoms with Crippen LogP contribution in [0.25, 0.3) is 0 Å². The number of aromatic nitrogens is 2. The summed E-state index contributed by atoms with van der Waals surface area (Å²) in [5.41, 5.74) is 0.797. The Labute approximate surface area is 124 Å². The molecule has 0 aliphatic carbocycles. The number of hydrogen-bond acceptors (Lipinski definition) is 4. The zero-order valence-corrected chi connectivity index (χ0v) is 13.6. The highest BCUT2D eigenvalue weighted by molar-refractivity contribution is 5.76. The summed E-state index contributed by atoms with van der Waals surface area (Å²) in [5, 5.41) is 9.22. The smallest absolute Gasteiger partial charge is 0.348 e. The highest BCUT2D eigenvalue weighted by Crippen LogP contribution is 2.22. The molecule has 21 heavy (non-hydrogen) atoms. The summed E-state index contributed by atoms with van der Waals surface area (Å²) < 4.78 is 7.11. The monoisotopic (exact) mass is 296 g/mol. The van der Waals surface area contributed by atoms with Crippen molar-refractivity contribution in [3.8, 4) is 0 Å². The molecular formula is C15H24N2O4. The Hall–Kier alpha value is -1.69. The average molecular weight is 296 g/mol. The molecular weight excluding hydrogens is 272 g/mol. The lowest BCUT2D eigenvalue weighted by atomic mass is 9.97. The number of aryl methyl sites for hydroxylation is 1. The van der Waals surface area contributed by atoms with Crippen LogP contribution in [0, 0.1) is 13.8 Å². The van der Waals surface area contributed by atoms with E-state index in [0.29, 0.717) is 30.1 Å². The molecule has 0 saturated heterocycles. The van der Waals surface area contributed by atoms with E-state index in [-0.39, 0.29) is 5.69 Å². The standard InChI is InChI=1S/C15H24N2O4/c1-7-21-15(5,6)8-17-11(4)12(9(2)13(18)19)10(3)16-14(17)20/h9H,7-8H2,1-6H3,(H,18,19). The van der Waals surface area contributed by atoms with Crippen molar-refractivity contribution >= 4 is 5.97 Å². The van der Waals surface area contributed by atoms with Crippen molar-refractivity contribution in [2.75, 3.05) is 6.61 Å². The molecule has 1 unspecified atom stereocenters. The Balaban J connectivity index is 3.38. The molecule has 1 aromatic rings. The van der Waals surface area contributed by atoms with Gasteiger partial charge >= 0.3 is 11.7 Å². The molecule has 0 spiro atoms. The first-order chi connectivity index (χ1) is 9.60. The number of aliphatic carboxylic acids is 1. The minimum atomic E-state index is -0.933. The number of rotatable bonds is 6. The van der Waals surface area contributed by atoms with Gasteiger partial charge in [-0.1, -0.05) is 0 Å². The molecule has 0 saturated carbocycles. The molecule has 0 radical (unpaired) electrons. The van der Waals surface area contributed by atoms with E-state index in [0.717, 1.165) is 0 Å². The van der Waals surface area contributed by atoms with E-state index in [2.05, 4.69) is 4.98 Å². The fraction of sp³-hybridized carbons (Fsp3) is 0.667. The van der Waals surface area contributed by atoms with Crippen LogP contribution in [0.15, 0.2) is 4.79 Å². The van der Waals surface area contributed by atoms with Gasteiger partial charge in [0.05, 0.1) is 18.1 Å². The van der Waals surface area contributed by atoms with Crippen LogP contribution >= 0.6 is 0 Å². The second-order valence-electron chi connectivity index (χ2n) is 5.82. The predicted octanol–water partition coefficient (Wildman–Crippen LogP) is 1.86. The van der Waals surface area contributed by atoms with Gasteiger partial charge in [0.2, 0.25) is 0 Å². The largest absolute Gasteiger partial charge is 0.481 e. The Morgan fingerprint density at radius 2 is 2.00 bits per heavy atom. The van der Waals surface area contributed by atoms with Crippen LogP contribution in [0.4, 0.5) is 0 Å². The second-order valence-corrected chi connectivity index (χ2v) is 5.82. The SMILES string of the molecule is CCOC(C)(C)Cn1c(C)c(C(C)C(=O)O)c(C)nc1=O. The van der Waals surface area contributed by atoms with Gasteiger partial charge in [0, 0.05) is 23.6 Å². The summed E-state index contributed by atoms with van der Waals surface area (Å²) in [7, 11) is 0. The van der Waals surface area contributed by atoms with E-state index in [1.807, 2.05) is 20.8 Å². The van der Waals surface area contributed by atoms with Crippen molar-refractivity contribution in [3.63, 3.8) is 0 Å². The molecule has 1 heterocycles. The number of nitrogens with zero attached hydrogens (tertiary/aromatic N) is 2. The second kappa shape index (κ2) is 6.39. The minimum Gasteiger partial charge on any atom is -0.481 e. The highest BCUT2D eigenvalue weighted by atomic mass is 16.5. The van der Waals surface area contributed by atoms with Crippen molar-refractivity contribution in [2.45, 2.75) is 59.6 Å². The van der Waals surface area contributed by atoms with Crippen molar-refractivity contribution < 1.29 is 14.6 Å². The van der Waals surface area contributed by atoms with Gasteiger partial charge in [-0.25, -0.2) is 4.79 Å². The van der Waals surface area contributed by atoms with E-state index in [1.54, 1.807) is 20.8 Å². The van der Waals surface area contributed by atoms with E-state index in [1.165, 1.54) is 4.57 Å². The zero-order valence-electron chi connectivity index (χ0n) is 13.6. The van der Waals surface area contributed by atoms with Crippen LogP contribution in [0.2, 0.25) is 0 Å². The minimum absolute atomic E-state index is 0.331. The first-order valence-electron chi connectivity index (χ1n) is 7.05. The van der Waals surface area contributed by atoms with Crippen LogP contribution in [-0.2, 0) is 16.1 Å². The van der Waals surface area contributed by atoms with Crippen LogP contribution < -0.4 is 5.69 Å². The Morgan fingerprint density at radius 3 is 2.48 bits per heavy atom. The number of carbonyl (C=O) groups is 1. The topological polar surface area (TPSA) is 81.4 Å². The molecule has 0 fully saturated rings. The third-order valence-electron chi connectivity index (χ3n) is 3.56. The first kappa shape index (κ1) is 17.4. The van der Waals surface area contributed by atoms with E-state index in [4.69, 9.17) is 4.74 Å². The van der Waals surface area contributed by atoms with E-state index in [9.17, 15) is 14.7 Å². The molecule has 6 heteroatoms. The third kappa shape index (κ3) is 3.91. The van der Waals surface area contributed by atoms with Gasteiger partial charge in [-0.15, -0.1) is 0 Å². The van der Waals surface area contributed by atoms with Gasteiger partial charge < -0.3 is 9.84 Å². The van der Waals surface area contributed by atoms with Gasteiger partial charge in [-0.2, -0.15) is 4.98 Å². The number of carboxylic acids is 1. The molecule has 1 rings (SSSR count). The lowest BCUT2D eigenvalue weighted by molar-refractivity contribution is -0.138. The van der Waals surface area contributed by atoms with Crippen molar-refractivity contribution in [3.05, 3.63) is 27.4 Å². The molecule has 6 nitrogen and oxygen atoms in total. The lowest BCUT2D eigenvalue weighted by Gasteiger charge is -2.27.